The number of ether oxygens (including phenoxy) is 3. The van der Waals surface area contributed by atoms with Crippen LogP contribution in [0.3, 0.4) is 0 Å². The van der Waals surface area contributed by atoms with Gasteiger partial charge in [0.1, 0.15) is 0 Å². The molecule has 21 heavy (non-hydrogen) atoms. The number of nitrogens with zero attached hydrogens (tertiary/aromatic N) is 2. The second-order valence-electron chi connectivity index (χ2n) is 5.37. The third kappa shape index (κ3) is 3.01. The van der Waals surface area contributed by atoms with Crippen molar-refractivity contribution in [3.8, 4) is 17.4 Å². The van der Waals surface area contributed by atoms with Gasteiger partial charge in [0.05, 0.1) is 38.1 Å². The zero-order valence-electron chi connectivity index (χ0n) is 12.5. The van der Waals surface area contributed by atoms with E-state index in [4.69, 9.17) is 14.2 Å². The number of benzene rings is 1. The van der Waals surface area contributed by atoms with Gasteiger partial charge in [-0.15, -0.1) is 0 Å². The van der Waals surface area contributed by atoms with Crippen LogP contribution in [-0.4, -0.2) is 30.8 Å². The topological polar surface area (TPSA) is 53.5 Å². The van der Waals surface area contributed by atoms with E-state index in [1.54, 1.807) is 20.4 Å². The van der Waals surface area contributed by atoms with Gasteiger partial charge >= 0.3 is 0 Å². The van der Waals surface area contributed by atoms with E-state index in [2.05, 4.69) is 9.97 Å². The van der Waals surface area contributed by atoms with Crippen LogP contribution in [0, 0.1) is 5.92 Å². The second-order valence-corrected chi connectivity index (χ2v) is 5.37. The van der Waals surface area contributed by atoms with Gasteiger partial charge in [-0.05, 0) is 18.8 Å². The fourth-order valence-electron chi connectivity index (χ4n) is 2.77. The standard InChI is InChI=1S/C16H20N2O3/c1-19-14-7-12-13(8-15(14)20-2)18-16(9-17-12)21-10-11-5-3-4-6-11/h7-9,11H,3-6,10H2,1-2H3. The zero-order valence-corrected chi connectivity index (χ0v) is 12.5. The van der Waals surface area contributed by atoms with Crippen LogP contribution >= 0.6 is 0 Å². The summed E-state index contributed by atoms with van der Waals surface area (Å²) >= 11 is 0. The zero-order chi connectivity index (χ0) is 14.7. The van der Waals surface area contributed by atoms with E-state index in [-0.39, 0.29) is 0 Å². The third-order valence-corrected chi connectivity index (χ3v) is 3.97. The number of hydrogen-bond acceptors (Lipinski definition) is 5. The lowest BCUT2D eigenvalue weighted by molar-refractivity contribution is 0.243. The highest BCUT2D eigenvalue weighted by molar-refractivity contribution is 5.79. The molecule has 1 aromatic carbocycles. The first-order valence-corrected chi connectivity index (χ1v) is 7.31. The Morgan fingerprint density at radius 1 is 1.05 bits per heavy atom. The largest absolute Gasteiger partial charge is 0.493 e. The van der Waals surface area contributed by atoms with Gasteiger partial charge in [-0.2, -0.15) is 0 Å². The number of hydrogen-bond donors (Lipinski definition) is 0. The Bertz CT molecular complexity index is 624. The van der Waals surface area contributed by atoms with Crippen LogP contribution < -0.4 is 14.2 Å². The predicted octanol–water partition coefficient (Wildman–Crippen LogP) is 3.22. The van der Waals surface area contributed by atoms with Gasteiger partial charge in [0, 0.05) is 12.1 Å². The summed E-state index contributed by atoms with van der Waals surface area (Å²) in [7, 11) is 3.22. The van der Waals surface area contributed by atoms with Crippen molar-refractivity contribution in [1.29, 1.82) is 0 Å². The average Bonchev–Trinajstić information content (AvgIpc) is 3.04. The third-order valence-electron chi connectivity index (χ3n) is 3.97. The van der Waals surface area contributed by atoms with Gasteiger partial charge in [-0.1, -0.05) is 12.8 Å². The Hall–Kier alpha value is -2.04. The molecule has 0 saturated heterocycles. The summed E-state index contributed by atoms with van der Waals surface area (Å²) in [5, 5.41) is 0. The lowest BCUT2D eigenvalue weighted by Gasteiger charge is -2.11. The summed E-state index contributed by atoms with van der Waals surface area (Å²) in [5.41, 5.74) is 1.51. The van der Waals surface area contributed by atoms with Crippen molar-refractivity contribution >= 4 is 11.0 Å². The van der Waals surface area contributed by atoms with Crippen LogP contribution in [0.1, 0.15) is 25.7 Å². The molecular formula is C16H20N2O3. The molecule has 1 fully saturated rings. The number of rotatable bonds is 5. The van der Waals surface area contributed by atoms with Crippen LogP contribution in [0.15, 0.2) is 18.3 Å². The SMILES string of the molecule is COc1cc2ncc(OCC3CCCC3)nc2cc1OC. The van der Waals surface area contributed by atoms with Crippen molar-refractivity contribution in [2.24, 2.45) is 5.92 Å². The number of methoxy groups -OCH3 is 2. The maximum Gasteiger partial charge on any atom is 0.232 e. The van der Waals surface area contributed by atoms with Crippen LogP contribution in [-0.2, 0) is 0 Å². The molecule has 1 heterocycles. The lowest BCUT2D eigenvalue weighted by Crippen LogP contribution is -2.09. The molecule has 1 saturated carbocycles. The number of aromatic nitrogens is 2. The first-order chi connectivity index (χ1) is 10.3. The molecule has 0 atom stereocenters. The first kappa shape index (κ1) is 13.9. The smallest absolute Gasteiger partial charge is 0.232 e. The summed E-state index contributed by atoms with van der Waals surface area (Å²) < 4.78 is 16.3. The molecule has 1 aromatic heterocycles. The molecule has 112 valence electrons. The summed E-state index contributed by atoms with van der Waals surface area (Å²) in [5.74, 6) is 2.53. The molecule has 0 unspecified atom stereocenters. The monoisotopic (exact) mass is 288 g/mol. The van der Waals surface area contributed by atoms with Gasteiger partial charge in [0.2, 0.25) is 5.88 Å². The quantitative estimate of drug-likeness (QED) is 0.845. The van der Waals surface area contributed by atoms with Gasteiger partial charge < -0.3 is 14.2 Å². The summed E-state index contributed by atoms with van der Waals surface area (Å²) in [6.45, 7) is 0.730. The molecule has 0 bridgehead atoms. The van der Waals surface area contributed by atoms with Crippen molar-refractivity contribution in [2.45, 2.75) is 25.7 Å². The molecule has 0 N–H and O–H groups in total. The van der Waals surface area contributed by atoms with Crippen molar-refractivity contribution < 1.29 is 14.2 Å². The summed E-state index contributed by atoms with van der Waals surface area (Å²) in [6, 6.07) is 3.64. The van der Waals surface area contributed by atoms with Crippen molar-refractivity contribution in [3.63, 3.8) is 0 Å². The molecule has 1 aliphatic rings. The molecular weight excluding hydrogens is 268 g/mol. The molecule has 5 nitrogen and oxygen atoms in total. The normalized spacial score (nSPS) is 15.3. The maximum absolute atomic E-state index is 5.78. The highest BCUT2D eigenvalue weighted by Gasteiger charge is 2.16. The van der Waals surface area contributed by atoms with E-state index in [1.165, 1.54) is 25.7 Å². The molecule has 3 rings (SSSR count). The van der Waals surface area contributed by atoms with E-state index in [0.717, 1.165) is 17.6 Å². The minimum absolute atomic E-state index is 0.571. The minimum atomic E-state index is 0.571. The van der Waals surface area contributed by atoms with E-state index in [9.17, 15) is 0 Å². The van der Waals surface area contributed by atoms with Crippen molar-refractivity contribution in [1.82, 2.24) is 9.97 Å². The minimum Gasteiger partial charge on any atom is -0.493 e. The van der Waals surface area contributed by atoms with Crippen LogP contribution in [0.5, 0.6) is 17.4 Å². The average molecular weight is 288 g/mol. The Labute approximate surface area is 124 Å². The Morgan fingerprint density at radius 3 is 2.38 bits per heavy atom. The van der Waals surface area contributed by atoms with E-state index >= 15 is 0 Å². The Balaban J connectivity index is 1.81. The van der Waals surface area contributed by atoms with Gasteiger partial charge in [-0.3, -0.25) is 0 Å². The van der Waals surface area contributed by atoms with E-state index in [0.29, 0.717) is 23.3 Å². The van der Waals surface area contributed by atoms with Crippen molar-refractivity contribution in [3.05, 3.63) is 18.3 Å². The molecule has 0 aliphatic heterocycles. The van der Waals surface area contributed by atoms with E-state index in [1.807, 2.05) is 12.1 Å². The maximum atomic E-state index is 5.78. The number of fused-ring (bicyclic) bond motifs is 1. The molecule has 1 aliphatic carbocycles. The van der Waals surface area contributed by atoms with Crippen LogP contribution in [0.25, 0.3) is 11.0 Å². The second kappa shape index (κ2) is 6.16. The molecule has 0 radical (unpaired) electrons. The van der Waals surface area contributed by atoms with Crippen LogP contribution in [0.4, 0.5) is 0 Å². The predicted molar refractivity (Wildman–Crippen MR) is 80.1 cm³/mol. The Morgan fingerprint density at radius 2 is 1.71 bits per heavy atom. The molecule has 0 spiro atoms. The fourth-order valence-corrected chi connectivity index (χ4v) is 2.77. The first-order valence-electron chi connectivity index (χ1n) is 7.31. The highest BCUT2D eigenvalue weighted by Crippen LogP contribution is 2.31. The highest BCUT2D eigenvalue weighted by atomic mass is 16.5. The fraction of sp³-hybridized carbons (Fsp3) is 0.500. The van der Waals surface area contributed by atoms with Gasteiger partial charge in [0.25, 0.3) is 0 Å². The molecule has 2 aromatic rings. The van der Waals surface area contributed by atoms with Gasteiger partial charge in [0.15, 0.2) is 11.5 Å². The van der Waals surface area contributed by atoms with Crippen molar-refractivity contribution in [2.75, 3.05) is 20.8 Å². The van der Waals surface area contributed by atoms with Gasteiger partial charge in [-0.25, -0.2) is 9.97 Å². The summed E-state index contributed by atoms with van der Waals surface area (Å²) in [6.07, 6.45) is 6.81. The van der Waals surface area contributed by atoms with E-state index < -0.39 is 0 Å². The van der Waals surface area contributed by atoms with Crippen LogP contribution in [0.2, 0.25) is 0 Å². The Kier molecular flexibility index (Phi) is 4.08. The molecule has 0 amide bonds. The lowest BCUT2D eigenvalue weighted by atomic mass is 10.1. The summed E-state index contributed by atoms with van der Waals surface area (Å²) in [4.78, 5) is 8.89. The molecule has 5 heteroatoms.